The lowest BCUT2D eigenvalue weighted by atomic mass is 10.0. The van der Waals surface area contributed by atoms with Crippen LogP contribution in [0.2, 0.25) is 0 Å². The fraction of sp³-hybridized carbons (Fsp3) is 0.421. The molecular formula is C19H22N2O2S. The highest BCUT2D eigenvalue weighted by molar-refractivity contribution is 7.13. The molecule has 1 fully saturated rings. The van der Waals surface area contributed by atoms with Crippen molar-refractivity contribution in [3.8, 4) is 10.6 Å². The molecule has 0 saturated carbocycles. The highest BCUT2D eigenvalue weighted by Gasteiger charge is 2.32. The van der Waals surface area contributed by atoms with Gasteiger partial charge in [-0.05, 0) is 25.7 Å². The van der Waals surface area contributed by atoms with Gasteiger partial charge in [0.2, 0.25) is 0 Å². The first-order valence-electron chi connectivity index (χ1n) is 8.36. The number of amides is 1. The molecule has 24 heavy (non-hydrogen) atoms. The summed E-state index contributed by atoms with van der Waals surface area (Å²) in [6.07, 6.45) is 2.12. The van der Waals surface area contributed by atoms with Gasteiger partial charge in [-0.1, -0.05) is 38.1 Å². The number of hydrogen-bond donors (Lipinski definition) is 0. The van der Waals surface area contributed by atoms with Crippen molar-refractivity contribution in [3.63, 3.8) is 0 Å². The first-order valence-corrected chi connectivity index (χ1v) is 9.24. The SMILES string of the molecule is CC(=O)c1ccccc1-c1nc(C(=O)N2CCCC2C(C)C)cs1. The van der Waals surface area contributed by atoms with Gasteiger partial charge in [0.25, 0.3) is 5.91 Å². The van der Waals surface area contributed by atoms with Gasteiger partial charge in [-0.3, -0.25) is 9.59 Å². The average Bonchev–Trinajstić information content (AvgIpc) is 3.23. The molecular weight excluding hydrogens is 320 g/mol. The van der Waals surface area contributed by atoms with Crippen LogP contribution in [0.4, 0.5) is 0 Å². The molecule has 1 aromatic heterocycles. The molecule has 0 N–H and O–H groups in total. The Balaban J connectivity index is 1.89. The molecule has 1 unspecified atom stereocenters. The summed E-state index contributed by atoms with van der Waals surface area (Å²) in [5.74, 6) is 0.468. The summed E-state index contributed by atoms with van der Waals surface area (Å²) in [6.45, 7) is 6.67. The third-order valence-electron chi connectivity index (χ3n) is 4.59. The number of carbonyl (C=O) groups excluding carboxylic acids is 2. The second kappa shape index (κ2) is 6.85. The molecule has 1 saturated heterocycles. The zero-order chi connectivity index (χ0) is 17.3. The lowest BCUT2D eigenvalue weighted by Crippen LogP contribution is -2.38. The van der Waals surface area contributed by atoms with Gasteiger partial charge in [0.15, 0.2) is 5.78 Å². The molecule has 0 spiro atoms. The van der Waals surface area contributed by atoms with Gasteiger partial charge in [0.05, 0.1) is 0 Å². The molecule has 1 atom stereocenters. The second-order valence-electron chi connectivity index (χ2n) is 6.59. The number of aromatic nitrogens is 1. The molecule has 5 heteroatoms. The van der Waals surface area contributed by atoms with E-state index in [1.165, 1.54) is 11.3 Å². The Morgan fingerprint density at radius 2 is 2.04 bits per heavy atom. The number of hydrogen-bond acceptors (Lipinski definition) is 4. The first kappa shape index (κ1) is 16.8. The smallest absolute Gasteiger partial charge is 0.273 e. The van der Waals surface area contributed by atoms with Crippen LogP contribution < -0.4 is 0 Å². The Hall–Kier alpha value is -2.01. The van der Waals surface area contributed by atoms with E-state index in [0.717, 1.165) is 30.0 Å². The number of thiazole rings is 1. The van der Waals surface area contributed by atoms with Gasteiger partial charge >= 0.3 is 0 Å². The van der Waals surface area contributed by atoms with Crippen molar-refractivity contribution in [1.29, 1.82) is 0 Å². The molecule has 2 heterocycles. The Morgan fingerprint density at radius 3 is 2.75 bits per heavy atom. The number of Topliss-reactive ketones (excluding diaryl/α,β-unsaturated/α-hetero) is 1. The lowest BCUT2D eigenvalue weighted by molar-refractivity contribution is 0.0696. The van der Waals surface area contributed by atoms with E-state index in [-0.39, 0.29) is 11.7 Å². The highest BCUT2D eigenvalue weighted by atomic mass is 32.1. The Morgan fingerprint density at radius 1 is 1.29 bits per heavy atom. The normalized spacial score (nSPS) is 17.5. The third kappa shape index (κ3) is 3.13. The third-order valence-corrected chi connectivity index (χ3v) is 5.47. The summed E-state index contributed by atoms with van der Waals surface area (Å²) >= 11 is 1.42. The van der Waals surface area contributed by atoms with Gasteiger partial charge in [0.1, 0.15) is 10.7 Å². The molecule has 1 aromatic carbocycles. The maximum Gasteiger partial charge on any atom is 0.273 e. The molecule has 0 bridgehead atoms. The summed E-state index contributed by atoms with van der Waals surface area (Å²) in [5, 5.41) is 2.54. The predicted molar refractivity (Wildman–Crippen MR) is 96.5 cm³/mol. The largest absolute Gasteiger partial charge is 0.334 e. The zero-order valence-corrected chi connectivity index (χ0v) is 15.1. The van der Waals surface area contributed by atoms with Crippen LogP contribution in [0.15, 0.2) is 29.6 Å². The number of ketones is 1. The van der Waals surface area contributed by atoms with E-state index in [1.54, 1.807) is 13.0 Å². The number of rotatable bonds is 4. The molecule has 1 amide bonds. The predicted octanol–water partition coefficient (Wildman–Crippen LogP) is 4.27. The molecule has 4 nitrogen and oxygen atoms in total. The second-order valence-corrected chi connectivity index (χ2v) is 7.45. The van der Waals surface area contributed by atoms with E-state index in [9.17, 15) is 9.59 Å². The first-order chi connectivity index (χ1) is 11.5. The average molecular weight is 342 g/mol. The van der Waals surface area contributed by atoms with Crippen molar-refractivity contribution in [1.82, 2.24) is 9.88 Å². The fourth-order valence-corrected chi connectivity index (χ4v) is 4.19. The quantitative estimate of drug-likeness (QED) is 0.780. The molecule has 126 valence electrons. The van der Waals surface area contributed by atoms with Crippen LogP contribution >= 0.6 is 11.3 Å². The summed E-state index contributed by atoms with van der Waals surface area (Å²) in [7, 11) is 0. The maximum absolute atomic E-state index is 12.8. The van der Waals surface area contributed by atoms with E-state index < -0.39 is 0 Å². The summed E-state index contributed by atoms with van der Waals surface area (Å²) < 4.78 is 0. The van der Waals surface area contributed by atoms with E-state index in [4.69, 9.17) is 0 Å². The maximum atomic E-state index is 12.8. The fourth-order valence-electron chi connectivity index (χ4n) is 3.36. The highest BCUT2D eigenvalue weighted by Crippen LogP contribution is 2.30. The standard InChI is InChI=1S/C19H22N2O2S/c1-12(2)17-9-6-10-21(17)19(23)16-11-24-18(20-16)15-8-5-4-7-14(15)13(3)22/h4-5,7-8,11-12,17H,6,9-10H2,1-3H3. The Labute approximate surface area is 146 Å². The van der Waals surface area contributed by atoms with E-state index in [1.807, 2.05) is 28.5 Å². The van der Waals surface area contributed by atoms with Crippen molar-refractivity contribution in [2.24, 2.45) is 5.92 Å². The number of carbonyl (C=O) groups is 2. The Bertz CT molecular complexity index is 766. The van der Waals surface area contributed by atoms with Crippen molar-refractivity contribution >= 4 is 23.0 Å². The lowest BCUT2D eigenvalue weighted by Gasteiger charge is -2.27. The minimum atomic E-state index is 0.00749. The minimum Gasteiger partial charge on any atom is -0.334 e. The number of nitrogens with zero attached hydrogens (tertiary/aromatic N) is 2. The van der Waals surface area contributed by atoms with E-state index in [0.29, 0.717) is 23.2 Å². The van der Waals surface area contributed by atoms with Gasteiger partial charge in [-0.2, -0.15) is 0 Å². The number of likely N-dealkylation sites (tertiary alicyclic amines) is 1. The molecule has 1 aliphatic rings. The molecule has 0 radical (unpaired) electrons. The summed E-state index contributed by atoms with van der Waals surface area (Å²) in [4.78, 5) is 31.1. The van der Waals surface area contributed by atoms with E-state index >= 15 is 0 Å². The van der Waals surface area contributed by atoms with Crippen LogP contribution in [0, 0.1) is 5.92 Å². The van der Waals surface area contributed by atoms with Crippen LogP contribution in [0.5, 0.6) is 0 Å². The van der Waals surface area contributed by atoms with Crippen LogP contribution in [0.1, 0.15) is 54.5 Å². The van der Waals surface area contributed by atoms with Crippen molar-refractivity contribution in [3.05, 3.63) is 40.9 Å². The van der Waals surface area contributed by atoms with E-state index in [2.05, 4.69) is 18.8 Å². The summed E-state index contributed by atoms with van der Waals surface area (Å²) in [6, 6.07) is 7.72. The number of benzene rings is 1. The molecule has 3 rings (SSSR count). The summed E-state index contributed by atoms with van der Waals surface area (Å²) in [5.41, 5.74) is 1.93. The van der Waals surface area contributed by atoms with Crippen LogP contribution in [0.25, 0.3) is 10.6 Å². The van der Waals surface area contributed by atoms with Crippen molar-refractivity contribution < 1.29 is 9.59 Å². The minimum absolute atomic E-state index is 0.00749. The topological polar surface area (TPSA) is 50.3 Å². The van der Waals surface area contributed by atoms with Gasteiger partial charge < -0.3 is 4.90 Å². The van der Waals surface area contributed by atoms with Crippen molar-refractivity contribution in [2.75, 3.05) is 6.54 Å². The van der Waals surface area contributed by atoms with Gasteiger partial charge in [-0.15, -0.1) is 11.3 Å². The zero-order valence-electron chi connectivity index (χ0n) is 14.3. The van der Waals surface area contributed by atoms with Crippen LogP contribution in [-0.4, -0.2) is 34.2 Å². The molecule has 0 aliphatic carbocycles. The van der Waals surface area contributed by atoms with Gasteiger partial charge in [-0.25, -0.2) is 4.98 Å². The monoisotopic (exact) mass is 342 g/mol. The molecule has 2 aromatic rings. The van der Waals surface area contributed by atoms with Gasteiger partial charge in [0, 0.05) is 29.1 Å². The van der Waals surface area contributed by atoms with Crippen molar-refractivity contribution in [2.45, 2.75) is 39.7 Å². The Kier molecular flexibility index (Phi) is 4.81. The van der Waals surface area contributed by atoms with Crippen LogP contribution in [-0.2, 0) is 0 Å². The molecule has 1 aliphatic heterocycles. The van der Waals surface area contributed by atoms with Crippen LogP contribution in [0.3, 0.4) is 0 Å².